The molecule has 0 unspecified atom stereocenters. The summed E-state index contributed by atoms with van der Waals surface area (Å²) in [6.45, 7) is 0. The standard InChI is InChI=1S/C14H8N2O4S/c15-8-9-1-4-11(5-2-9)21-13-6-3-10(16(19)20)7-12(13)14(17)18/h1-7H,(H,17,18). The summed E-state index contributed by atoms with van der Waals surface area (Å²) in [6.07, 6.45) is 0. The summed E-state index contributed by atoms with van der Waals surface area (Å²) in [7, 11) is 0. The maximum atomic E-state index is 11.2. The Morgan fingerprint density at radius 1 is 1.24 bits per heavy atom. The van der Waals surface area contributed by atoms with Crippen LogP contribution in [0.5, 0.6) is 0 Å². The third-order valence-corrected chi connectivity index (χ3v) is 3.70. The van der Waals surface area contributed by atoms with E-state index in [1.165, 1.54) is 23.9 Å². The first-order valence-electron chi connectivity index (χ1n) is 5.71. The highest BCUT2D eigenvalue weighted by molar-refractivity contribution is 7.99. The van der Waals surface area contributed by atoms with Gasteiger partial charge in [-0.05, 0) is 30.3 Å². The average Bonchev–Trinajstić information content (AvgIpc) is 2.48. The zero-order valence-electron chi connectivity index (χ0n) is 10.5. The molecule has 1 N–H and O–H groups in total. The fourth-order valence-electron chi connectivity index (χ4n) is 1.61. The molecule has 0 atom stereocenters. The molecule has 0 aliphatic rings. The van der Waals surface area contributed by atoms with Gasteiger partial charge in [-0.25, -0.2) is 4.79 Å². The molecule has 0 bridgehead atoms. The highest BCUT2D eigenvalue weighted by Crippen LogP contribution is 2.32. The number of carbonyl (C=O) groups is 1. The van der Waals surface area contributed by atoms with Crippen LogP contribution in [0.1, 0.15) is 15.9 Å². The molecule has 0 heterocycles. The summed E-state index contributed by atoms with van der Waals surface area (Å²) >= 11 is 1.17. The van der Waals surface area contributed by atoms with Crippen LogP contribution >= 0.6 is 11.8 Å². The molecule has 21 heavy (non-hydrogen) atoms. The van der Waals surface area contributed by atoms with E-state index in [-0.39, 0.29) is 11.3 Å². The predicted molar refractivity (Wildman–Crippen MR) is 75.3 cm³/mol. The summed E-state index contributed by atoms with van der Waals surface area (Å²) in [4.78, 5) is 22.4. The Bertz CT molecular complexity index is 751. The Hall–Kier alpha value is -2.85. The molecule has 2 aromatic rings. The van der Waals surface area contributed by atoms with Gasteiger partial charge in [0, 0.05) is 21.9 Å². The van der Waals surface area contributed by atoms with E-state index in [0.717, 1.165) is 11.0 Å². The van der Waals surface area contributed by atoms with Crippen LogP contribution in [0.25, 0.3) is 0 Å². The second kappa shape index (κ2) is 6.07. The molecule has 2 rings (SSSR count). The number of carboxylic acid groups (broad SMARTS) is 1. The first-order chi connectivity index (χ1) is 10.0. The minimum absolute atomic E-state index is 0.126. The van der Waals surface area contributed by atoms with Gasteiger partial charge in [-0.15, -0.1) is 0 Å². The fraction of sp³-hybridized carbons (Fsp3) is 0. The molecule has 0 saturated heterocycles. The molecule has 0 aromatic heterocycles. The lowest BCUT2D eigenvalue weighted by atomic mass is 10.2. The van der Waals surface area contributed by atoms with Crippen LogP contribution in [0, 0.1) is 21.4 Å². The van der Waals surface area contributed by atoms with Gasteiger partial charge in [0.15, 0.2) is 0 Å². The Labute approximate surface area is 123 Å². The van der Waals surface area contributed by atoms with Crippen LogP contribution in [0.2, 0.25) is 0 Å². The van der Waals surface area contributed by atoms with Crippen molar-refractivity contribution >= 4 is 23.4 Å². The summed E-state index contributed by atoms with van der Waals surface area (Å²) in [5, 5.41) is 28.6. The van der Waals surface area contributed by atoms with E-state index in [0.29, 0.717) is 10.5 Å². The van der Waals surface area contributed by atoms with Crippen molar-refractivity contribution in [1.29, 1.82) is 5.26 Å². The third kappa shape index (κ3) is 3.38. The molecule has 0 saturated carbocycles. The number of hydrogen-bond acceptors (Lipinski definition) is 5. The molecule has 7 heteroatoms. The van der Waals surface area contributed by atoms with Gasteiger partial charge in [0.25, 0.3) is 5.69 Å². The van der Waals surface area contributed by atoms with Crippen molar-refractivity contribution in [3.63, 3.8) is 0 Å². The van der Waals surface area contributed by atoms with Gasteiger partial charge in [-0.1, -0.05) is 11.8 Å². The number of aromatic carboxylic acids is 1. The Morgan fingerprint density at radius 2 is 1.90 bits per heavy atom. The molecule has 6 nitrogen and oxygen atoms in total. The van der Waals surface area contributed by atoms with Crippen molar-refractivity contribution in [3.8, 4) is 6.07 Å². The summed E-state index contributed by atoms with van der Waals surface area (Å²) in [6, 6.07) is 12.3. The zero-order chi connectivity index (χ0) is 15.4. The van der Waals surface area contributed by atoms with Crippen LogP contribution < -0.4 is 0 Å². The lowest BCUT2D eigenvalue weighted by molar-refractivity contribution is -0.384. The molecule has 0 amide bonds. The highest BCUT2D eigenvalue weighted by atomic mass is 32.2. The number of hydrogen-bond donors (Lipinski definition) is 1. The lowest BCUT2D eigenvalue weighted by Gasteiger charge is -2.06. The molecule has 2 aromatic carbocycles. The number of carboxylic acids is 1. The summed E-state index contributed by atoms with van der Waals surface area (Å²) in [5.41, 5.74) is 0.108. The number of nitro groups is 1. The van der Waals surface area contributed by atoms with Crippen LogP contribution in [0.3, 0.4) is 0 Å². The van der Waals surface area contributed by atoms with Crippen molar-refractivity contribution in [1.82, 2.24) is 0 Å². The largest absolute Gasteiger partial charge is 0.478 e. The van der Waals surface area contributed by atoms with Crippen molar-refractivity contribution in [2.45, 2.75) is 9.79 Å². The van der Waals surface area contributed by atoms with Gasteiger partial charge in [0.1, 0.15) is 0 Å². The van der Waals surface area contributed by atoms with Gasteiger partial charge in [-0.2, -0.15) is 5.26 Å². The van der Waals surface area contributed by atoms with E-state index < -0.39 is 10.9 Å². The third-order valence-electron chi connectivity index (χ3n) is 2.62. The summed E-state index contributed by atoms with van der Waals surface area (Å²) < 4.78 is 0. The second-order valence-corrected chi connectivity index (χ2v) is 5.10. The van der Waals surface area contributed by atoms with E-state index in [9.17, 15) is 14.9 Å². The molecular weight excluding hydrogens is 292 g/mol. The smallest absolute Gasteiger partial charge is 0.337 e. The number of benzene rings is 2. The van der Waals surface area contributed by atoms with Crippen molar-refractivity contribution in [2.75, 3.05) is 0 Å². The van der Waals surface area contributed by atoms with Crippen LogP contribution in [-0.4, -0.2) is 16.0 Å². The van der Waals surface area contributed by atoms with Crippen molar-refractivity contribution in [2.24, 2.45) is 0 Å². The lowest BCUT2D eigenvalue weighted by Crippen LogP contribution is -2.00. The fourth-order valence-corrected chi connectivity index (χ4v) is 2.53. The van der Waals surface area contributed by atoms with E-state index in [2.05, 4.69) is 0 Å². The average molecular weight is 300 g/mol. The Kier molecular flexibility index (Phi) is 4.21. The van der Waals surface area contributed by atoms with E-state index in [1.807, 2.05) is 6.07 Å². The second-order valence-electron chi connectivity index (χ2n) is 3.98. The van der Waals surface area contributed by atoms with E-state index in [1.54, 1.807) is 24.3 Å². The first kappa shape index (κ1) is 14.6. The molecule has 0 fully saturated rings. The van der Waals surface area contributed by atoms with E-state index in [4.69, 9.17) is 10.4 Å². The number of non-ortho nitro benzene ring substituents is 1. The van der Waals surface area contributed by atoms with Crippen LogP contribution in [0.15, 0.2) is 52.3 Å². The summed E-state index contributed by atoms with van der Waals surface area (Å²) in [5.74, 6) is -1.23. The SMILES string of the molecule is N#Cc1ccc(Sc2ccc([N+](=O)[O-])cc2C(=O)O)cc1. The quantitative estimate of drug-likeness (QED) is 0.686. The number of rotatable bonds is 4. The maximum absolute atomic E-state index is 11.2. The normalized spacial score (nSPS) is 9.86. The van der Waals surface area contributed by atoms with Gasteiger partial charge in [0.05, 0.1) is 22.1 Å². The topological polar surface area (TPSA) is 104 Å². The number of nitriles is 1. The zero-order valence-corrected chi connectivity index (χ0v) is 11.3. The van der Waals surface area contributed by atoms with Gasteiger partial charge >= 0.3 is 5.97 Å². The number of nitro benzene ring substituents is 1. The predicted octanol–water partition coefficient (Wildman–Crippen LogP) is 3.32. The van der Waals surface area contributed by atoms with Gasteiger partial charge < -0.3 is 5.11 Å². The first-order valence-corrected chi connectivity index (χ1v) is 6.52. The minimum atomic E-state index is -1.23. The van der Waals surface area contributed by atoms with Crippen molar-refractivity contribution < 1.29 is 14.8 Å². The van der Waals surface area contributed by atoms with Crippen LogP contribution in [0.4, 0.5) is 5.69 Å². The van der Waals surface area contributed by atoms with Crippen molar-refractivity contribution in [3.05, 3.63) is 63.7 Å². The number of nitrogens with zero attached hydrogens (tertiary/aromatic N) is 2. The molecular formula is C14H8N2O4S. The molecule has 0 spiro atoms. The molecule has 0 aliphatic heterocycles. The van der Waals surface area contributed by atoms with Crippen LogP contribution in [-0.2, 0) is 0 Å². The van der Waals surface area contributed by atoms with Gasteiger partial charge in [0.2, 0.25) is 0 Å². The monoisotopic (exact) mass is 300 g/mol. The maximum Gasteiger partial charge on any atom is 0.337 e. The Morgan fingerprint density at radius 3 is 2.43 bits per heavy atom. The molecule has 0 aliphatic carbocycles. The highest BCUT2D eigenvalue weighted by Gasteiger charge is 2.16. The van der Waals surface area contributed by atoms with E-state index >= 15 is 0 Å². The van der Waals surface area contributed by atoms with Gasteiger partial charge in [-0.3, -0.25) is 10.1 Å². The minimum Gasteiger partial charge on any atom is -0.478 e. The molecule has 0 radical (unpaired) electrons. The molecule has 104 valence electrons. The Balaban J connectivity index is 2.36.